The smallest absolute Gasteiger partial charge is 0.246 e. The first-order valence-corrected chi connectivity index (χ1v) is 8.21. The quantitative estimate of drug-likeness (QED) is 0.804. The molecule has 118 valence electrons. The minimum absolute atomic E-state index is 0.0277. The Morgan fingerprint density at radius 2 is 1.86 bits per heavy atom. The highest BCUT2D eigenvalue weighted by molar-refractivity contribution is 5.81. The van der Waals surface area contributed by atoms with E-state index in [1.54, 1.807) is 7.11 Å². The van der Waals surface area contributed by atoms with Gasteiger partial charge < -0.3 is 15.0 Å². The summed E-state index contributed by atoms with van der Waals surface area (Å²) in [5, 5.41) is 3.21. The third-order valence-corrected chi connectivity index (χ3v) is 5.02. The Morgan fingerprint density at radius 3 is 2.38 bits per heavy atom. The average Bonchev–Trinajstić information content (AvgIpc) is 3.33. The molecule has 5 nitrogen and oxygen atoms in total. The normalized spacial score (nSPS) is 24.7. The molecule has 2 amide bonds. The Hall–Kier alpha value is -1.10. The van der Waals surface area contributed by atoms with E-state index in [2.05, 4.69) is 5.32 Å². The number of rotatable bonds is 6. The van der Waals surface area contributed by atoms with Crippen molar-refractivity contribution in [2.24, 2.45) is 11.8 Å². The number of nitrogens with one attached hydrogen (secondary N) is 1. The SMILES string of the molecule is COCC(=O)NC1(CC2CC2)CCN(C(=O)C2CC2)CC1. The number of carbonyl (C=O) groups excluding carboxylic acids is 2. The van der Waals surface area contributed by atoms with Crippen molar-refractivity contribution in [3.8, 4) is 0 Å². The third kappa shape index (κ3) is 3.76. The second-order valence-corrected chi connectivity index (χ2v) is 7.01. The summed E-state index contributed by atoms with van der Waals surface area (Å²) in [7, 11) is 1.55. The number of methoxy groups -OCH3 is 1. The molecular weight excluding hydrogens is 268 g/mol. The monoisotopic (exact) mass is 294 g/mol. The molecule has 0 unspecified atom stereocenters. The van der Waals surface area contributed by atoms with E-state index in [9.17, 15) is 9.59 Å². The van der Waals surface area contributed by atoms with E-state index in [0.29, 0.717) is 11.8 Å². The van der Waals surface area contributed by atoms with Gasteiger partial charge in [-0.05, 0) is 38.0 Å². The Kier molecular flexibility index (Phi) is 4.20. The first-order valence-electron chi connectivity index (χ1n) is 8.21. The number of hydrogen-bond acceptors (Lipinski definition) is 3. The summed E-state index contributed by atoms with van der Waals surface area (Å²) in [4.78, 5) is 26.1. The molecule has 3 rings (SSSR count). The molecular formula is C16H26N2O3. The third-order valence-electron chi connectivity index (χ3n) is 5.02. The van der Waals surface area contributed by atoms with Gasteiger partial charge >= 0.3 is 0 Å². The van der Waals surface area contributed by atoms with Crippen LogP contribution in [0.25, 0.3) is 0 Å². The summed E-state index contributed by atoms with van der Waals surface area (Å²) >= 11 is 0. The summed E-state index contributed by atoms with van der Waals surface area (Å²) in [6, 6.07) is 0. The molecule has 0 atom stereocenters. The van der Waals surface area contributed by atoms with Gasteiger partial charge in [0.05, 0.1) is 0 Å². The molecule has 0 aromatic heterocycles. The van der Waals surface area contributed by atoms with Crippen molar-refractivity contribution in [3.63, 3.8) is 0 Å². The fourth-order valence-electron chi connectivity index (χ4n) is 3.46. The average molecular weight is 294 g/mol. The molecule has 1 saturated heterocycles. The molecule has 1 aliphatic heterocycles. The van der Waals surface area contributed by atoms with Crippen LogP contribution in [0.15, 0.2) is 0 Å². The van der Waals surface area contributed by atoms with Gasteiger partial charge in [0, 0.05) is 31.7 Å². The van der Waals surface area contributed by atoms with Crippen LogP contribution in [0.4, 0.5) is 0 Å². The van der Waals surface area contributed by atoms with Crippen molar-refractivity contribution in [1.82, 2.24) is 10.2 Å². The number of likely N-dealkylation sites (tertiary alicyclic amines) is 1. The Balaban J connectivity index is 1.58. The highest BCUT2D eigenvalue weighted by atomic mass is 16.5. The van der Waals surface area contributed by atoms with E-state index in [0.717, 1.165) is 51.1 Å². The van der Waals surface area contributed by atoms with Crippen molar-refractivity contribution in [1.29, 1.82) is 0 Å². The largest absolute Gasteiger partial charge is 0.375 e. The lowest BCUT2D eigenvalue weighted by Gasteiger charge is -2.43. The van der Waals surface area contributed by atoms with Crippen LogP contribution < -0.4 is 5.32 Å². The predicted octanol–water partition coefficient (Wildman–Crippen LogP) is 1.32. The minimum Gasteiger partial charge on any atom is -0.375 e. The molecule has 3 aliphatic rings. The lowest BCUT2D eigenvalue weighted by molar-refractivity contribution is -0.135. The number of amides is 2. The number of hydrogen-bond donors (Lipinski definition) is 1. The summed E-state index contributed by atoms with van der Waals surface area (Å²) < 4.78 is 4.93. The van der Waals surface area contributed by atoms with E-state index >= 15 is 0 Å². The highest BCUT2D eigenvalue weighted by Gasteiger charge is 2.43. The van der Waals surface area contributed by atoms with Crippen molar-refractivity contribution in [2.45, 2.75) is 50.5 Å². The lowest BCUT2D eigenvalue weighted by Crippen LogP contribution is -2.57. The van der Waals surface area contributed by atoms with E-state index in [1.807, 2.05) is 4.90 Å². The Bertz CT molecular complexity index is 408. The van der Waals surface area contributed by atoms with Crippen LogP contribution in [-0.4, -0.2) is 49.1 Å². The van der Waals surface area contributed by atoms with Gasteiger partial charge in [0.1, 0.15) is 6.61 Å². The Labute approximate surface area is 126 Å². The molecule has 1 N–H and O–H groups in total. The van der Waals surface area contributed by atoms with Crippen LogP contribution >= 0.6 is 0 Å². The van der Waals surface area contributed by atoms with Gasteiger partial charge in [0.15, 0.2) is 0 Å². The van der Waals surface area contributed by atoms with Crippen LogP contribution in [0.3, 0.4) is 0 Å². The van der Waals surface area contributed by atoms with Crippen LogP contribution in [0.5, 0.6) is 0 Å². The van der Waals surface area contributed by atoms with Gasteiger partial charge in [-0.25, -0.2) is 0 Å². The van der Waals surface area contributed by atoms with Crippen LogP contribution in [-0.2, 0) is 14.3 Å². The zero-order valence-electron chi connectivity index (χ0n) is 12.9. The zero-order chi connectivity index (χ0) is 14.9. The predicted molar refractivity (Wildman–Crippen MR) is 78.6 cm³/mol. The first kappa shape index (κ1) is 14.8. The summed E-state index contributed by atoms with van der Waals surface area (Å²) in [5.41, 5.74) is -0.114. The molecule has 0 aromatic rings. The van der Waals surface area contributed by atoms with Gasteiger partial charge in [-0.1, -0.05) is 12.8 Å². The first-order chi connectivity index (χ1) is 10.1. The van der Waals surface area contributed by atoms with Crippen molar-refractivity contribution >= 4 is 11.8 Å². The van der Waals surface area contributed by atoms with E-state index < -0.39 is 0 Å². The zero-order valence-corrected chi connectivity index (χ0v) is 12.9. The molecule has 2 saturated carbocycles. The van der Waals surface area contributed by atoms with Gasteiger partial charge in [-0.3, -0.25) is 9.59 Å². The van der Waals surface area contributed by atoms with Gasteiger partial charge in [-0.15, -0.1) is 0 Å². The molecule has 0 radical (unpaired) electrons. The molecule has 2 aliphatic carbocycles. The lowest BCUT2D eigenvalue weighted by atomic mass is 9.82. The van der Waals surface area contributed by atoms with Gasteiger partial charge in [-0.2, -0.15) is 0 Å². The van der Waals surface area contributed by atoms with Crippen molar-refractivity contribution < 1.29 is 14.3 Å². The van der Waals surface area contributed by atoms with Crippen LogP contribution in [0, 0.1) is 11.8 Å². The van der Waals surface area contributed by atoms with E-state index in [4.69, 9.17) is 4.74 Å². The van der Waals surface area contributed by atoms with Crippen molar-refractivity contribution in [3.05, 3.63) is 0 Å². The van der Waals surface area contributed by atoms with Crippen LogP contribution in [0.2, 0.25) is 0 Å². The molecule has 1 heterocycles. The maximum absolute atomic E-state index is 12.1. The van der Waals surface area contributed by atoms with Crippen LogP contribution in [0.1, 0.15) is 44.9 Å². The van der Waals surface area contributed by atoms with Crippen molar-refractivity contribution in [2.75, 3.05) is 26.8 Å². The molecule has 0 spiro atoms. The summed E-state index contributed by atoms with van der Waals surface area (Å²) in [5.74, 6) is 1.36. The molecule has 21 heavy (non-hydrogen) atoms. The number of ether oxygens (including phenoxy) is 1. The molecule has 5 heteroatoms. The standard InChI is InChI=1S/C16H26N2O3/c1-21-11-14(19)17-16(10-12-2-3-12)6-8-18(9-7-16)15(20)13-4-5-13/h12-13H,2-11H2,1H3,(H,17,19). The second kappa shape index (κ2) is 5.95. The summed E-state index contributed by atoms with van der Waals surface area (Å²) in [6.45, 7) is 1.70. The fraction of sp³-hybridized carbons (Fsp3) is 0.875. The van der Waals surface area contributed by atoms with E-state index in [1.165, 1.54) is 12.8 Å². The topological polar surface area (TPSA) is 58.6 Å². The Morgan fingerprint density at radius 1 is 1.19 bits per heavy atom. The maximum Gasteiger partial charge on any atom is 0.246 e. The fourth-order valence-corrected chi connectivity index (χ4v) is 3.46. The number of nitrogens with zero attached hydrogens (tertiary/aromatic N) is 1. The molecule has 0 bridgehead atoms. The minimum atomic E-state index is -0.114. The molecule has 0 aromatic carbocycles. The van der Waals surface area contributed by atoms with Gasteiger partial charge in [0.2, 0.25) is 11.8 Å². The highest BCUT2D eigenvalue weighted by Crippen LogP contribution is 2.41. The number of piperidine rings is 1. The molecule has 3 fully saturated rings. The second-order valence-electron chi connectivity index (χ2n) is 7.01. The number of carbonyl (C=O) groups is 2. The maximum atomic E-state index is 12.1. The summed E-state index contributed by atoms with van der Waals surface area (Å²) in [6.07, 6.45) is 7.53. The van der Waals surface area contributed by atoms with Gasteiger partial charge in [0.25, 0.3) is 0 Å². The van der Waals surface area contributed by atoms with E-state index in [-0.39, 0.29) is 18.1 Å².